The second-order valence-electron chi connectivity index (χ2n) is 12.8. The molecule has 0 spiro atoms. The number of aromatic nitrogens is 3. The number of nitriles is 1. The summed E-state index contributed by atoms with van der Waals surface area (Å²) in [6.07, 6.45) is 3.41. The third-order valence-electron chi connectivity index (χ3n) is 9.57. The fourth-order valence-electron chi connectivity index (χ4n) is 7.27. The number of likely N-dealkylation sites (tertiary alicyclic amines) is 1. The van der Waals surface area contributed by atoms with Crippen LogP contribution in [-0.4, -0.2) is 62.5 Å². The maximum atomic E-state index is 13.3. The number of piperidine rings is 1. The van der Waals surface area contributed by atoms with Crippen LogP contribution in [0.3, 0.4) is 0 Å². The molecule has 4 atom stereocenters. The van der Waals surface area contributed by atoms with E-state index in [0.29, 0.717) is 42.1 Å². The monoisotopic (exact) mass is 594 g/mol. The SMILES string of the molecule is CC(C)c1nnc(C2(C[C@H](C)NCC(=O)N3[C@H](C#N)C[C@@H]4C[C@@H]43)c3ccc(C(N)=O)cc3CCc3cc(C(N)=O)ccc32)[nH]1. The molecular weight excluding hydrogens is 556 g/mol. The van der Waals surface area contributed by atoms with E-state index in [4.69, 9.17) is 16.6 Å². The Morgan fingerprint density at radius 1 is 1.02 bits per heavy atom. The minimum atomic E-state index is -0.881. The molecule has 2 aliphatic carbocycles. The Hall–Kier alpha value is -4.56. The molecule has 3 amide bonds. The summed E-state index contributed by atoms with van der Waals surface area (Å²) in [5.74, 6) is 0.822. The highest BCUT2D eigenvalue weighted by Gasteiger charge is 2.54. The van der Waals surface area contributed by atoms with Crippen LogP contribution in [-0.2, 0) is 23.1 Å². The summed E-state index contributed by atoms with van der Waals surface area (Å²) in [5, 5.41) is 22.3. The maximum Gasteiger partial charge on any atom is 0.248 e. The first kappa shape index (κ1) is 29.5. The number of carbonyl (C=O) groups excluding carboxylic acids is 3. The normalized spacial score (nSPS) is 21.9. The molecule has 1 saturated carbocycles. The molecule has 44 heavy (non-hydrogen) atoms. The predicted molar refractivity (Wildman–Crippen MR) is 163 cm³/mol. The van der Waals surface area contributed by atoms with Crippen LogP contribution in [0, 0.1) is 17.2 Å². The Morgan fingerprint density at radius 2 is 1.64 bits per heavy atom. The Kier molecular flexibility index (Phi) is 7.49. The van der Waals surface area contributed by atoms with Gasteiger partial charge in [0.1, 0.15) is 17.7 Å². The molecule has 3 aromatic rings. The van der Waals surface area contributed by atoms with Gasteiger partial charge in [-0.3, -0.25) is 14.4 Å². The van der Waals surface area contributed by atoms with Gasteiger partial charge in [-0.15, -0.1) is 10.2 Å². The highest BCUT2D eigenvalue weighted by molar-refractivity contribution is 5.94. The van der Waals surface area contributed by atoms with Crippen molar-refractivity contribution in [1.29, 1.82) is 5.26 Å². The molecule has 228 valence electrons. The average Bonchev–Trinajstić information content (AvgIpc) is 3.42. The molecule has 6 rings (SSSR count). The number of nitrogens with two attached hydrogens (primary N) is 2. The van der Waals surface area contributed by atoms with Crippen molar-refractivity contribution in [2.45, 2.75) is 82.3 Å². The zero-order valence-corrected chi connectivity index (χ0v) is 25.3. The number of hydrogen-bond donors (Lipinski definition) is 4. The van der Waals surface area contributed by atoms with Crippen molar-refractivity contribution in [3.05, 3.63) is 81.4 Å². The highest BCUT2D eigenvalue weighted by Crippen LogP contribution is 2.48. The molecule has 2 aromatic carbocycles. The predicted octanol–water partition coefficient (Wildman–Crippen LogP) is 2.44. The van der Waals surface area contributed by atoms with Crippen LogP contribution in [0.4, 0.5) is 0 Å². The third kappa shape index (κ3) is 5.03. The lowest BCUT2D eigenvalue weighted by atomic mass is 9.67. The van der Waals surface area contributed by atoms with Crippen molar-refractivity contribution >= 4 is 17.7 Å². The van der Waals surface area contributed by atoms with Gasteiger partial charge in [0.25, 0.3) is 0 Å². The van der Waals surface area contributed by atoms with Gasteiger partial charge in [-0.2, -0.15) is 5.26 Å². The van der Waals surface area contributed by atoms with E-state index in [0.717, 1.165) is 40.9 Å². The number of H-pyrrole nitrogens is 1. The molecule has 11 nitrogen and oxygen atoms in total. The number of nitrogens with one attached hydrogen (secondary N) is 2. The van der Waals surface area contributed by atoms with E-state index < -0.39 is 17.2 Å². The van der Waals surface area contributed by atoms with Gasteiger partial charge in [0.15, 0.2) is 0 Å². The molecule has 11 heteroatoms. The van der Waals surface area contributed by atoms with Crippen molar-refractivity contribution in [2.75, 3.05) is 6.54 Å². The number of rotatable bonds is 9. The average molecular weight is 595 g/mol. The molecular formula is C33H38N8O3. The number of carbonyl (C=O) groups is 3. The molecule has 2 heterocycles. The van der Waals surface area contributed by atoms with E-state index in [-0.39, 0.29) is 36.5 Å². The van der Waals surface area contributed by atoms with Gasteiger partial charge in [-0.25, -0.2) is 0 Å². The fourth-order valence-corrected chi connectivity index (χ4v) is 7.27. The molecule has 1 aliphatic heterocycles. The first-order valence-electron chi connectivity index (χ1n) is 15.3. The molecule has 0 radical (unpaired) electrons. The van der Waals surface area contributed by atoms with Gasteiger partial charge in [0, 0.05) is 29.1 Å². The summed E-state index contributed by atoms with van der Waals surface area (Å²) >= 11 is 0. The Labute approximate surface area is 256 Å². The summed E-state index contributed by atoms with van der Waals surface area (Å²) in [5.41, 5.74) is 15.1. The van der Waals surface area contributed by atoms with Crippen molar-refractivity contribution in [1.82, 2.24) is 25.4 Å². The number of benzene rings is 2. The minimum Gasteiger partial charge on any atom is -0.366 e. The van der Waals surface area contributed by atoms with E-state index in [1.807, 2.05) is 45.0 Å². The van der Waals surface area contributed by atoms with Gasteiger partial charge >= 0.3 is 0 Å². The first-order chi connectivity index (χ1) is 21.0. The maximum absolute atomic E-state index is 13.3. The summed E-state index contributed by atoms with van der Waals surface area (Å²) < 4.78 is 0. The zero-order valence-electron chi connectivity index (χ0n) is 25.3. The standard InChI is InChI=1S/C33H38N8O3/c1-17(2)31-38-32(40-39-31)33(14-18(3)37-16-28(42)41-24(15-34)12-23-13-27(23)41)25-8-6-21(29(35)43)10-19(25)4-5-20-11-22(30(36)44)7-9-26(20)33/h6-11,17-18,23-24,27,37H,4-5,12-14,16H2,1-3H3,(H2,35,43)(H2,36,44)(H,38,39,40)/t18-,23+,24-,27-/m0/s1. The van der Waals surface area contributed by atoms with Crippen LogP contribution in [0.15, 0.2) is 36.4 Å². The van der Waals surface area contributed by atoms with Crippen LogP contribution in [0.2, 0.25) is 0 Å². The molecule has 6 N–H and O–H groups in total. The summed E-state index contributed by atoms with van der Waals surface area (Å²) in [7, 11) is 0. The molecule has 0 unspecified atom stereocenters. The van der Waals surface area contributed by atoms with Crippen LogP contribution in [0.5, 0.6) is 0 Å². The first-order valence-corrected chi connectivity index (χ1v) is 15.3. The molecule has 2 fully saturated rings. The summed E-state index contributed by atoms with van der Waals surface area (Å²) in [6.45, 7) is 6.21. The lowest BCUT2D eigenvalue weighted by Gasteiger charge is -2.37. The van der Waals surface area contributed by atoms with E-state index in [9.17, 15) is 19.6 Å². The lowest BCUT2D eigenvalue weighted by molar-refractivity contribution is -0.131. The van der Waals surface area contributed by atoms with Gasteiger partial charge in [0.2, 0.25) is 17.7 Å². The number of nitrogens with zero attached hydrogens (tertiary/aromatic N) is 4. The number of primary amides is 2. The lowest BCUT2D eigenvalue weighted by Crippen LogP contribution is -2.46. The molecule has 3 aliphatic rings. The van der Waals surface area contributed by atoms with E-state index in [2.05, 4.69) is 21.5 Å². The number of aromatic amines is 1. The largest absolute Gasteiger partial charge is 0.366 e. The zero-order chi connectivity index (χ0) is 31.3. The van der Waals surface area contributed by atoms with E-state index in [1.54, 1.807) is 17.0 Å². The fraction of sp³-hybridized carbons (Fsp3) is 0.455. The highest BCUT2D eigenvalue weighted by atomic mass is 16.2. The summed E-state index contributed by atoms with van der Waals surface area (Å²) in [6, 6.07) is 13.0. The van der Waals surface area contributed by atoms with Crippen molar-refractivity contribution < 1.29 is 14.4 Å². The Morgan fingerprint density at radius 3 is 2.16 bits per heavy atom. The molecule has 1 saturated heterocycles. The number of aryl methyl sites for hydroxylation is 2. The van der Waals surface area contributed by atoms with Gasteiger partial charge in [-0.1, -0.05) is 26.0 Å². The number of amides is 3. The number of hydrogen-bond acceptors (Lipinski definition) is 7. The van der Waals surface area contributed by atoms with Crippen LogP contribution >= 0.6 is 0 Å². The minimum absolute atomic E-state index is 0.0666. The molecule has 0 bridgehead atoms. The topological polar surface area (TPSA) is 184 Å². The van der Waals surface area contributed by atoms with Gasteiger partial charge < -0.3 is 26.7 Å². The van der Waals surface area contributed by atoms with E-state index >= 15 is 0 Å². The van der Waals surface area contributed by atoms with Crippen molar-refractivity contribution in [3.63, 3.8) is 0 Å². The van der Waals surface area contributed by atoms with Gasteiger partial charge in [-0.05, 0) is 91.5 Å². The quantitative estimate of drug-likeness (QED) is 0.293. The van der Waals surface area contributed by atoms with Crippen LogP contribution in [0.1, 0.15) is 101 Å². The van der Waals surface area contributed by atoms with E-state index in [1.165, 1.54) is 0 Å². The Balaban J connectivity index is 1.45. The van der Waals surface area contributed by atoms with Crippen LogP contribution in [0.25, 0.3) is 0 Å². The van der Waals surface area contributed by atoms with Crippen molar-refractivity contribution in [2.24, 2.45) is 17.4 Å². The second kappa shape index (κ2) is 11.2. The van der Waals surface area contributed by atoms with Gasteiger partial charge in [0.05, 0.1) is 18.0 Å². The second-order valence-corrected chi connectivity index (χ2v) is 12.8. The van der Waals surface area contributed by atoms with Crippen molar-refractivity contribution in [3.8, 4) is 6.07 Å². The summed E-state index contributed by atoms with van der Waals surface area (Å²) in [4.78, 5) is 43.0. The smallest absolute Gasteiger partial charge is 0.248 e. The Bertz CT molecular complexity index is 1620. The molecule has 1 aromatic heterocycles. The third-order valence-corrected chi connectivity index (χ3v) is 9.57. The van der Waals surface area contributed by atoms with Crippen LogP contribution < -0.4 is 16.8 Å². The number of fused-ring (bicyclic) bond motifs is 3.